The van der Waals surface area contributed by atoms with E-state index in [2.05, 4.69) is 10.3 Å². The van der Waals surface area contributed by atoms with Gasteiger partial charge in [-0.2, -0.15) is 0 Å². The summed E-state index contributed by atoms with van der Waals surface area (Å²) >= 11 is 0. The summed E-state index contributed by atoms with van der Waals surface area (Å²) in [5, 5.41) is 22.8. The van der Waals surface area contributed by atoms with Gasteiger partial charge in [0.25, 0.3) is 5.69 Å². The van der Waals surface area contributed by atoms with Crippen molar-refractivity contribution >= 4 is 17.5 Å². The molecule has 1 unspecified atom stereocenters. The van der Waals surface area contributed by atoms with Gasteiger partial charge in [-0.25, -0.2) is 4.98 Å². The molecular weight excluding hydrogens is 274 g/mol. The molecule has 0 saturated heterocycles. The molecule has 0 radical (unpaired) electrons. The fourth-order valence-corrected chi connectivity index (χ4v) is 1.87. The number of aromatic nitrogens is 1. The van der Waals surface area contributed by atoms with Crippen LogP contribution in [0, 0.1) is 10.1 Å². The molecule has 0 aliphatic rings. The van der Waals surface area contributed by atoms with Crippen molar-refractivity contribution < 1.29 is 14.8 Å². The first kappa shape index (κ1) is 14.4. The van der Waals surface area contributed by atoms with E-state index in [1.807, 2.05) is 0 Å². The Bertz CT molecular complexity index is 646. The number of anilines is 1. The zero-order chi connectivity index (χ0) is 15.2. The average Bonchev–Trinajstić information content (AvgIpc) is 2.48. The summed E-state index contributed by atoms with van der Waals surface area (Å²) in [6, 6.07) is 11.3. The zero-order valence-corrected chi connectivity index (χ0v) is 11.0. The number of nitrogens with zero attached hydrogens (tertiary/aromatic N) is 2. The van der Waals surface area contributed by atoms with E-state index in [1.165, 1.54) is 18.3 Å². The maximum atomic E-state index is 11.3. The Labute approximate surface area is 120 Å². The zero-order valence-electron chi connectivity index (χ0n) is 11.0. The Morgan fingerprint density at radius 3 is 2.67 bits per heavy atom. The molecule has 21 heavy (non-hydrogen) atoms. The highest BCUT2D eigenvalue weighted by atomic mass is 16.6. The average molecular weight is 287 g/mol. The maximum absolute atomic E-state index is 11.3. The first-order chi connectivity index (χ1) is 10.1. The maximum Gasteiger partial charge on any atom is 0.312 e. The summed E-state index contributed by atoms with van der Waals surface area (Å²) in [6.45, 7) is 0.0908. The van der Waals surface area contributed by atoms with E-state index in [0.717, 1.165) is 0 Å². The van der Waals surface area contributed by atoms with Crippen LogP contribution in [0.3, 0.4) is 0 Å². The Balaban J connectivity index is 2.11. The summed E-state index contributed by atoms with van der Waals surface area (Å²) in [7, 11) is 0. The molecular formula is C14H13N3O4. The van der Waals surface area contributed by atoms with Crippen LogP contribution in [0.15, 0.2) is 48.7 Å². The van der Waals surface area contributed by atoms with Gasteiger partial charge in [0, 0.05) is 18.8 Å². The molecule has 108 valence electrons. The van der Waals surface area contributed by atoms with Gasteiger partial charge >= 0.3 is 5.97 Å². The first-order valence-corrected chi connectivity index (χ1v) is 6.20. The van der Waals surface area contributed by atoms with Crippen molar-refractivity contribution in [1.82, 2.24) is 4.98 Å². The molecule has 1 aromatic heterocycles. The van der Waals surface area contributed by atoms with E-state index in [1.54, 1.807) is 30.3 Å². The van der Waals surface area contributed by atoms with Crippen molar-refractivity contribution in [2.75, 3.05) is 11.9 Å². The lowest BCUT2D eigenvalue weighted by Gasteiger charge is -2.14. The van der Waals surface area contributed by atoms with Crippen molar-refractivity contribution in [3.8, 4) is 0 Å². The van der Waals surface area contributed by atoms with Gasteiger partial charge in [0.1, 0.15) is 5.82 Å². The standard InChI is InChI=1S/C14H13N3O4/c18-14(19)12(10-4-2-1-3-5-10)9-16-13-8-11(17(20)21)6-7-15-13/h1-8,12H,9H2,(H,15,16)(H,18,19). The predicted octanol–water partition coefficient (Wildman–Crippen LogP) is 2.27. The van der Waals surface area contributed by atoms with Crippen LogP contribution in [0.1, 0.15) is 11.5 Å². The molecule has 0 aliphatic heterocycles. The molecule has 1 heterocycles. The quantitative estimate of drug-likeness (QED) is 0.623. The monoisotopic (exact) mass is 287 g/mol. The molecule has 0 bridgehead atoms. The summed E-state index contributed by atoms with van der Waals surface area (Å²) in [4.78, 5) is 25.4. The number of nitrogens with one attached hydrogen (secondary N) is 1. The first-order valence-electron chi connectivity index (χ1n) is 6.20. The van der Waals surface area contributed by atoms with Crippen molar-refractivity contribution in [2.45, 2.75) is 5.92 Å². The third-order valence-corrected chi connectivity index (χ3v) is 2.94. The minimum absolute atomic E-state index is 0.0908. The minimum Gasteiger partial charge on any atom is -0.481 e. The fraction of sp³-hybridized carbons (Fsp3) is 0.143. The van der Waals surface area contributed by atoms with Crippen molar-refractivity contribution in [3.63, 3.8) is 0 Å². The van der Waals surface area contributed by atoms with E-state index in [9.17, 15) is 20.0 Å². The number of carboxylic acids is 1. The van der Waals surface area contributed by atoms with E-state index in [-0.39, 0.29) is 18.1 Å². The Hall–Kier alpha value is -2.96. The van der Waals surface area contributed by atoms with Gasteiger partial charge in [0.2, 0.25) is 0 Å². The second kappa shape index (κ2) is 6.47. The summed E-state index contributed by atoms with van der Waals surface area (Å²) in [5.41, 5.74) is 0.557. The number of aliphatic carboxylic acids is 1. The molecule has 0 saturated carbocycles. The predicted molar refractivity (Wildman–Crippen MR) is 76.2 cm³/mol. The van der Waals surface area contributed by atoms with E-state index in [4.69, 9.17) is 0 Å². The van der Waals surface area contributed by atoms with Gasteiger partial charge in [-0.3, -0.25) is 14.9 Å². The molecule has 1 atom stereocenters. The normalized spacial score (nSPS) is 11.6. The van der Waals surface area contributed by atoms with Crippen molar-refractivity contribution in [3.05, 3.63) is 64.3 Å². The number of nitro groups is 1. The van der Waals surface area contributed by atoms with Gasteiger partial charge in [-0.1, -0.05) is 30.3 Å². The van der Waals surface area contributed by atoms with Crippen LogP contribution < -0.4 is 5.32 Å². The van der Waals surface area contributed by atoms with Crippen molar-refractivity contribution in [2.24, 2.45) is 0 Å². The molecule has 0 spiro atoms. The lowest BCUT2D eigenvalue weighted by molar-refractivity contribution is -0.384. The van der Waals surface area contributed by atoms with Crippen LogP contribution in [0.4, 0.5) is 11.5 Å². The largest absolute Gasteiger partial charge is 0.481 e. The SMILES string of the molecule is O=C(O)C(CNc1cc([N+](=O)[O-])ccn1)c1ccccc1. The van der Waals surface area contributed by atoms with E-state index >= 15 is 0 Å². The molecule has 2 N–H and O–H groups in total. The van der Waals surface area contributed by atoms with Crippen LogP contribution >= 0.6 is 0 Å². The Morgan fingerprint density at radius 2 is 2.05 bits per heavy atom. The van der Waals surface area contributed by atoms with E-state index in [0.29, 0.717) is 5.56 Å². The number of benzene rings is 1. The van der Waals surface area contributed by atoms with Gasteiger partial charge in [-0.05, 0) is 5.56 Å². The lowest BCUT2D eigenvalue weighted by atomic mass is 9.99. The number of pyridine rings is 1. The molecule has 0 amide bonds. The number of hydrogen-bond acceptors (Lipinski definition) is 5. The van der Waals surface area contributed by atoms with Gasteiger partial charge in [0.05, 0.1) is 16.9 Å². The Morgan fingerprint density at radius 1 is 1.33 bits per heavy atom. The van der Waals surface area contributed by atoms with Gasteiger partial charge < -0.3 is 10.4 Å². The van der Waals surface area contributed by atoms with Crippen LogP contribution in [0.2, 0.25) is 0 Å². The third kappa shape index (κ3) is 3.75. The summed E-state index contributed by atoms with van der Waals surface area (Å²) < 4.78 is 0. The molecule has 1 aromatic carbocycles. The van der Waals surface area contributed by atoms with Gasteiger partial charge in [-0.15, -0.1) is 0 Å². The molecule has 2 rings (SSSR count). The van der Waals surface area contributed by atoms with Crippen LogP contribution in [-0.2, 0) is 4.79 Å². The highest BCUT2D eigenvalue weighted by Gasteiger charge is 2.19. The van der Waals surface area contributed by atoms with Crippen LogP contribution in [0.5, 0.6) is 0 Å². The second-order valence-corrected chi connectivity index (χ2v) is 4.34. The second-order valence-electron chi connectivity index (χ2n) is 4.34. The Kier molecular flexibility index (Phi) is 4.45. The highest BCUT2D eigenvalue weighted by molar-refractivity contribution is 5.76. The smallest absolute Gasteiger partial charge is 0.312 e. The lowest BCUT2D eigenvalue weighted by Crippen LogP contribution is -2.21. The summed E-state index contributed by atoms with van der Waals surface area (Å²) in [6.07, 6.45) is 1.30. The topological polar surface area (TPSA) is 105 Å². The fourth-order valence-electron chi connectivity index (χ4n) is 1.87. The molecule has 2 aromatic rings. The molecule has 7 nitrogen and oxygen atoms in total. The number of carboxylic acid groups (broad SMARTS) is 1. The number of carbonyl (C=O) groups is 1. The number of rotatable bonds is 6. The van der Waals surface area contributed by atoms with E-state index < -0.39 is 16.8 Å². The van der Waals surface area contributed by atoms with Gasteiger partial charge in [0.15, 0.2) is 0 Å². The molecule has 7 heteroatoms. The number of hydrogen-bond donors (Lipinski definition) is 2. The minimum atomic E-state index is -0.973. The third-order valence-electron chi connectivity index (χ3n) is 2.94. The molecule has 0 aliphatic carbocycles. The molecule has 0 fully saturated rings. The van der Waals surface area contributed by atoms with Crippen LogP contribution in [0.25, 0.3) is 0 Å². The summed E-state index contributed by atoms with van der Waals surface area (Å²) in [5.74, 6) is -1.46. The van der Waals surface area contributed by atoms with Crippen molar-refractivity contribution in [1.29, 1.82) is 0 Å². The highest BCUT2D eigenvalue weighted by Crippen LogP contribution is 2.18. The van der Waals surface area contributed by atoms with Crippen LogP contribution in [-0.4, -0.2) is 27.5 Å².